The predicted octanol–water partition coefficient (Wildman–Crippen LogP) is 4.41. The van der Waals surface area contributed by atoms with Crippen LogP contribution in [0.5, 0.6) is 0 Å². The van der Waals surface area contributed by atoms with Crippen molar-refractivity contribution < 1.29 is 4.74 Å². The number of aromatic nitrogens is 4. The molecule has 0 aliphatic carbocycles. The normalized spacial score (nSPS) is 15.2. The van der Waals surface area contributed by atoms with Gasteiger partial charge in [-0.15, -0.1) is 0 Å². The van der Waals surface area contributed by atoms with Crippen molar-refractivity contribution >= 4 is 46.6 Å². The summed E-state index contributed by atoms with van der Waals surface area (Å²) < 4.78 is 5.61. The second-order valence-electron chi connectivity index (χ2n) is 7.51. The highest BCUT2D eigenvalue weighted by Crippen LogP contribution is 2.35. The van der Waals surface area contributed by atoms with Gasteiger partial charge in [0.15, 0.2) is 10.3 Å². The highest BCUT2D eigenvalue weighted by Gasteiger charge is 2.34. The largest absolute Gasteiger partial charge is 0.381 e. The molecule has 1 fully saturated rings. The van der Waals surface area contributed by atoms with Gasteiger partial charge >= 0.3 is 0 Å². The lowest BCUT2D eigenvalue weighted by Crippen LogP contribution is -2.45. The minimum Gasteiger partial charge on any atom is -0.381 e. The number of ether oxygens (including phenoxy) is 1. The molecule has 1 aliphatic rings. The van der Waals surface area contributed by atoms with Crippen molar-refractivity contribution in [3.05, 3.63) is 65.1 Å². The Morgan fingerprint density at radius 3 is 2.59 bits per heavy atom. The van der Waals surface area contributed by atoms with Crippen LogP contribution in [0, 0.1) is 6.92 Å². The SMILES string of the molecule is Cc1cc(Sc2ncccn2)nc(NC(=S)NCC2(c3ccc(Cl)cc3)CCOCC2)n1. The van der Waals surface area contributed by atoms with Crippen LogP contribution in [0.2, 0.25) is 5.02 Å². The van der Waals surface area contributed by atoms with Gasteiger partial charge in [0, 0.05) is 48.3 Å². The van der Waals surface area contributed by atoms with Gasteiger partial charge in [0.05, 0.1) is 0 Å². The predicted molar refractivity (Wildman–Crippen MR) is 130 cm³/mol. The van der Waals surface area contributed by atoms with E-state index in [9.17, 15) is 0 Å². The molecule has 1 aliphatic heterocycles. The minimum atomic E-state index is -0.0757. The fraction of sp³-hybridized carbons (Fsp3) is 0.318. The Morgan fingerprint density at radius 1 is 1.16 bits per heavy atom. The van der Waals surface area contributed by atoms with Gasteiger partial charge in [-0.1, -0.05) is 23.7 Å². The first-order valence-electron chi connectivity index (χ1n) is 10.2. The van der Waals surface area contributed by atoms with E-state index in [1.807, 2.05) is 25.1 Å². The van der Waals surface area contributed by atoms with Gasteiger partial charge in [0.25, 0.3) is 0 Å². The van der Waals surface area contributed by atoms with Crippen molar-refractivity contribution in [3.63, 3.8) is 0 Å². The van der Waals surface area contributed by atoms with E-state index in [0.717, 1.165) is 28.6 Å². The lowest BCUT2D eigenvalue weighted by Gasteiger charge is -2.38. The number of benzene rings is 1. The van der Waals surface area contributed by atoms with Crippen molar-refractivity contribution in [3.8, 4) is 0 Å². The van der Waals surface area contributed by atoms with Crippen LogP contribution in [0.4, 0.5) is 5.95 Å². The zero-order valence-corrected chi connectivity index (χ0v) is 19.9. The summed E-state index contributed by atoms with van der Waals surface area (Å²) in [5.74, 6) is 0.438. The molecule has 4 rings (SSSR count). The van der Waals surface area contributed by atoms with Crippen molar-refractivity contribution in [2.45, 2.75) is 35.4 Å². The molecule has 0 atom stereocenters. The molecule has 0 radical (unpaired) electrons. The standard InChI is InChI=1S/C22H23ClN6OS2/c1-15-13-18(32-21-24-9-2-10-25-21)28-19(27-15)29-20(31)26-14-22(7-11-30-12-8-22)16-3-5-17(23)6-4-16/h2-6,9-10,13H,7-8,11-12,14H2,1H3,(H2,26,27,28,29,31). The lowest BCUT2D eigenvalue weighted by molar-refractivity contribution is 0.0515. The van der Waals surface area contributed by atoms with Crippen molar-refractivity contribution in [1.29, 1.82) is 0 Å². The van der Waals surface area contributed by atoms with Crippen LogP contribution < -0.4 is 10.6 Å². The summed E-state index contributed by atoms with van der Waals surface area (Å²) in [5.41, 5.74) is 1.98. The highest BCUT2D eigenvalue weighted by atomic mass is 35.5. The van der Waals surface area contributed by atoms with E-state index >= 15 is 0 Å². The molecule has 0 bridgehead atoms. The molecule has 3 aromatic rings. The van der Waals surface area contributed by atoms with Gasteiger partial charge in [-0.3, -0.25) is 0 Å². The lowest BCUT2D eigenvalue weighted by atomic mass is 9.74. The molecule has 166 valence electrons. The Balaban J connectivity index is 1.43. The Morgan fingerprint density at radius 2 is 1.88 bits per heavy atom. The second kappa shape index (κ2) is 10.5. The van der Waals surface area contributed by atoms with Crippen molar-refractivity contribution in [1.82, 2.24) is 25.3 Å². The zero-order chi connectivity index (χ0) is 22.4. The van der Waals surface area contributed by atoms with Gasteiger partial charge in [-0.05, 0) is 73.6 Å². The molecule has 10 heteroatoms. The Kier molecular flexibility index (Phi) is 7.51. The first-order valence-corrected chi connectivity index (χ1v) is 11.8. The number of anilines is 1. The quantitative estimate of drug-likeness (QED) is 0.299. The van der Waals surface area contributed by atoms with Crippen LogP contribution >= 0.6 is 35.6 Å². The van der Waals surface area contributed by atoms with Crippen LogP contribution in [0.1, 0.15) is 24.1 Å². The van der Waals surface area contributed by atoms with Crippen LogP contribution in [0.15, 0.2) is 59.0 Å². The number of thiocarbonyl (C=S) groups is 1. The minimum absolute atomic E-state index is 0.0757. The fourth-order valence-corrected chi connectivity index (χ4v) is 4.67. The molecule has 0 spiro atoms. The van der Waals surface area contributed by atoms with Gasteiger partial charge in [-0.25, -0.2) is 19.9 Å². The highest BCUT2D eigenvalue weighted by molar-refractivity contribution is 7.99. The van der Waals surface area contributed by atoms with Gasteiger partial charge in [0.2, 0.25) is 5.95 Å². The fourth-order valence-electron chi connectivity index (χ4n) is 3.61. The van der Waals surface area contributed by atoms with E-state index in [-0.39, 0.29) is 5.41 Å². The molecule has 3 heterocycles. The third-order valence-corrected chi connectivity index (χ3v) is 6.60. The number of rotatable bonds is 6. The summed E-state index contributed by atoms with van der Waals surface area (Å²) >= 11 is 13.0. The molecular weight excluding hydrogens is 464 g/mol. The summed E-state index contributed by atoms with van der Waals surface area (Å²) in [6.07, 6.45) is 5.22. The number of nitrogens with zero attached hydrogens (tertiary/aromatic N) is 4. The molecule has 0 unspecified atom stereocenters. The van der Waals surface area contributed by atoms with E-state index in [1.54, 1.807) is 18.5 Å². The first kappa shape index (κ1) is 22.8. The van der Waals surface area contributed by atoms with Gasteiger partial charge < -0.3 is 15.4 Å². The summed E-state index contributed by atoms with van der Waals surface area (Å²) in [5, 5.41) is 9.06. The first-order chi connectivity index (χ1) is 15.5. The number of aryl methyl sites for hydroxylation is 1. The molecule has 32 heavy (non-hydrogen) atoms. The monoisotopic (exact) mass is 486 g/mol. The zero-order valence-electron chi connectivity index (χ0n) is 17.5. The topological polar surface area (TPSA) is 84.9 Å². The van der Waals surface area contributed by atoms with Crippen molar-refractivity contribution in [2.24, 2.45) is 0 Å². The van der Waals surface area contributed by atoms with Gasteiger partial charge in [-0.2, -0.15) is 0 Å². The average Bonchev–Trinajstić information content (AvgIpc) is 2.79. The van der Waals surface area contributed by atoms with E-state index in [1.165, 1.54) is 17.3 Å². The molecule has 7 nitrogen and oxygen atoms in total. The van der Waals surface area contributed by atoms with E-state index < -0.39 is 0 Å². The summed E-state index contributed by atoms with van der Waals surface area (Å²) in [6, 6.07) is 11.7. The Bertz CT molecular complexity index is 1060. The molecule has 0 amide bonds. The van der Waals surface area contributed by atoms with Crippen molar-refractivity contribution in [2.75, 3.05) is 25.1 Å². The second-order valence-corrected chi connectivity index (χ2v) is 9.34. The van der Waals surface area contributed by atoms with E-state index in [4.69, 9.17) is 28.6 Å². The third kappa shape index (κ3) is 5.92. The van der Waals surface area contributed by atoms with Crippen LogP contribution in [0.25, 0.3) is 0 Å². The Hall–Kier alpha value is -2.33. The molecular formula is C22H23ClN6OS2. The number of hydrogen-bond acceptors (Lipinski definition) is 7. The maximum absolute atomic E-state index is 6.10. The molecule has 1 aromatic carbocycles. The smallest absolute Gasteiger partial charge is 0.230 e. The summed E-state index contributed by atoms with van der Waals surface area (Å²) in [6.45, 7) is 4.02. The molecule has 2 aromatic heterocycles. The van der Waals surface area contributed by atoms with E-state index in [0.29, 0.717) is 36.0 Å². The van der Waals surface area contributed by atoms with E-state index in [2.05, 4.69) is 42.7 Å². The molecule has 0 saturated carbocycles. The van der Waals surface area contributed by atoms with Crippen LogP contribution in [-0.4, -0.2) is 44.8 Å². The summed E-state index contributed by atoms with van der Waals surface area (Å²) in [7, 11) is 0. The summed E-state index contributed by atoms with van der Waals surface area (Å²) in [4.78, 5) is 17.5. The molecule has 2 N–H and O–H groups in total. The maximum atomic E-state index is 6.10. The number of nitrogens with one attached hydrogen (secondary N) is 2. The van der Waals surface area contributed by atoms with Crippen LogP contribution in [-0.2, 0) is 10.2 Å². The number of hydrogen-bond donors (Lipinski definition) is 2. The third-order valence-electron chi connectivity index (χ3n) is 5.29. The van der Waals surface area contributed by atoms with Gasteiger partial charge in [0.1, 0.15) is 5.03 Å². The molecule has 1 saturated heterocycles. The number of halogens is 1. The average molecular weight is 487 g/mol. The Labute approximate surface area is 201 Å². The maximum Gasteiger partial charge on any atom is 0.230 e. The van der Waals surface area contributed by atoms with Crippen LogP contribution in [0.3, 0.4) is 0 Å².